The normalized spacial score (nSPS) is 17.0. The van der Waals surface area contributed by atoms with Gasteiger partial charge in [0.2, 0.25) is 0 Å². The van der Waals surface area contributed by atoms with Crippen LogP contribution in [-0.4, -0.2) is 9.55 Å². The lowest BCUT2D eigenvalue weighted by atomic mass is 10.0. The van der Waals surface area contributed by atoms with E-state index in [9.17, 15) is 0 Å². The highest BCUT2D eigenvalue weighted by atomic mass is 15.0. The zero-order chi connectivity index (χ0) is 31.5. The van der Waals surface area contributed by atoms with Crippen molar-refractivity contribution in [3.8, 4) is 16.8 Å². The number of rotatable bonds is 2. The summed E-state index contributed by atoms with van der Waals surface area (Å²) in [6, 6.07) is 7.57. The summed E-state index contributed by atoms with van der Waals surface area (Å²) < 4.78 is 104. The molecule has 2 nitrogen and oxygen atoms in total. The maximum absolute atomic E-state index is 9.12. The predicted octanol–water partition coefficient (Wildman–Crippen LogP) is 8.09. The molecule has 0 aliphatic carbocycles. The maximum atomic E-state index is 9.12. The molecule has 0 atom stereocenters. The molecule has 7 rings (SSSR count). The zero-order valence-electron chi connectivity index (χ0n) is 28.5. The van der Waals surface area contributed by atoms with E-state index in [0.717, 1.165) is 0 Å². The molecule has 1 N–H and O–H groups in total. The maximum Gasteiger partial charge on any atom is 0.0646 e. The van der Waals surface area contributed by atoms with Gasteiger partial charge in [0.1, 0.15) is 0 Å². The molecule has 5 aromatic carbocycles. The lowest BCUT2D eigenvalue weighted by molar-refractivity contribution is 1.18. The van der Waals surface area contributed by atoms with Crippen LogP contribution in [0, 0.1) is 0 Å². The Morgan fingerprint density at radius 3 is 2.31 bits per heavy atom. The molecule has 0 saturated heterocycles. The van der Waals surface area contributed by atoms with Crippen LogP contribution >= 0.6 is 0 Å². The van der Waals surface area contributed by atoms with Gasteiger partial charge in [-0.05, 0) is 47.4 Å². The molecule has 7 aromatic rings. The molecule has 150 valence electrons. The van der Waals surface area contributed by atoms with Crippen molar-refractivity contribution < 1.29 is 16.4 Å². The van der Waals surface area contributed by atoms with Gasteiger partial charge >= 0.3 is 0 Å². The van der Waals surface area contributed by atoms with Gasteiger partial charge in [0.05, 0.1) is 27.5 Å². The molecular formula is C30H20N2. The second-order valence-corrected chi connectivity index (χ2v) is 7.41. The molecule has 0 amide bonds. The van der Waals surface area contributed by atoms with Crippen LogP contribution in [0.2, 0.25) is 0 Å². The molecule has 2 heteroatoms. The van der Waals surface area contributed by atoms with Gasteiger partial charge in [0.15, 0.2) is 0 Å². The third-order valence-corrected chi connectivity index (χ3v) is 5.67. The molecule has 0 fully saturated rings. The van der Waals surface area contributed by atoms with Gasteiger partial charge in [-0.15, -0.1) is 0 Å². The molecule has 0 saturated carbocycles. The number of benzene rings is 5. The Bertz CT molecular complexity index is 2410. The van der Waals surface area contributed by atoms with E-state index in [4.69, 9.17) is 16.4 Å². The number of aromatic amines is 1. The first-order valence-electron chi connectivity index (χ1n) is 16.0. The van der Waals surface area contributed by atoms with E-state index in [1.165, 1.54) is 10.6 Å². The molecule has 2 aromatic heterocycles. The monoisotopic (exact) mass is 420 g/mol. The van der Waals surface area contributed by atoms with Gasteiger partial charge in [-0.3, -0.25) is 0 Å². The van der Waals surface area contributed by atoms with E-state index < -0.39 is 36.3 Å². The lowest BCUT2D eigenvalue weighted by Crippen LogP contribution is -1.94. The second kappa shape index (κ2) is 6.60. The minimum Gasteiger partial charge on any atom is -0.354 e. The van der Waals surface area contributed by atoms with E-state index in [-0.39, 0.29) is 79.9 Å². The van der Waals surface area contributed by atoms with Crippen LogP contribution in [-0.2, 0) is 0 Å². The highest BCUT2D eigenvalue weighted by Gasteiger charge is 2.17. The lowest BCUT2D eigenvalue weighted by Gasteiger charge is -2.10. The third kappa shape index (κ3) is 2.41. The Labute approximate surface area is 202 Å². The number of H-pyrrole nitrogens is 1. The van der Waals surface area contributed by atoms with Crippen LogP contribution in [0.1, 0.15) is 16.4 Å². The van der Waals surface area contributed by atoms with E-state index in [2.05, 4.69) is 4.98 Å². The van der Waals surface area contributed by atoms with Crippen molar-refractivity contribution >= 4 is 43.6 Å². The highest BCUT2D eigenvalue weighted by Crippen LogP contribution is 2.40. The average molecular weight is 421 g/mol. The Balaban J connectivity index is 1.77. The molecule has 32 heavy (non-hydrogen) atoms. The number of para-hydroxylation sites is 2. The minimum atomic E-state index is -0.518. The average Bonchev–Trinajstić information content (AvgIpc) is 3.58. The van der Waals surface area contributed by atoms with Crippen molar-refractivity contribution in [3.05, 3.63) is 115 Å². The van der Waals surface area contributed by atoms with Crippen LogP contribution in [0.4, 0.5) is 0 Å². The van der Waals surface area contributed by atoms with E-state index in [0.29, 0.717) is 16.8 Å². The molecule has 0 aliphatic heterocycles. The van der Waals surface area contributed by atoms with Crippen molar-refractivity contribution in [2.75, 3.05) is 0 Å². The topological polar surface area (TPSA) is 20.7 Å². The van der Waals surface area contributed by atoms with E-state index >= 15 is 0 Å². The standard InChI is InChI=1S/C30H20N2/c1-2-9-20(10-3-1)21-11-8-12-22(19-21)32-27-16-7-5-14-24(27)30-28(32)18-17-26-29(30)23-13-4-6-15-25(23)31-26/h1-19,31H/i1D,4D,5D,6D,7D,11D,13D,14D,15D,16D,17D,18D. The van der Waals surface area contributed by atoms with E-state index in [1.54, 1.807) is 36.4 Å². The number of hydrogen-bond donors (Lipinski definition) is 1. The fraction of sp³-hybridized carbons (Fsp3) is 0. The van der Waals surface area contributed by atoms with Crippen LogP contribution in [0.25, 0.3) is 60.4 Å². The largest absolute Gasteiger partial charge is 0.354 e. The van der Waals surface area contributed by atoms with Crippen molar-refractivity contribution in [2.24, 2.45) is 0 Å². The summed E-state index contributed by atoms with van der Waals surface area (Å²) in [6.45, 7) is 0. The highest BCUT2D eigenvalue weighted by molar-refractivity contribution is 6.28. The summed E-state index contributed by atoms with van der Waals surface area (Å²) in [5, 5.41) is 0.385. The summed E-state index contributed by atoms with van der Waals surface area (Å²) in [6.07, 6.45) is 0. The van der Waals surface area contributed by atoms with Gasteiger partial charge in [-0.1, -0.05) is 78.7 Å². The van der Waals surface area contributed by atoms with Crippen LogP contribution in [0.5, 0.6) is 0 Å². The first-order chi connectivity index (χ1) is 20.8. The van der Waals surface area contributed by atoms with Crippen LogP contribution in [0.3, 0.4) is 0 Å². The number of nitrogens with one attached hydrogen (secondary N) is 1. The Kier molecular flexibility index (Phi) is 1.95. The summed E-state index contributed by atoms with van der Waals surface area (Å²) >= 11 is 0. The Hall–Kier alpha value is -4.30. The van der Waals surface area contributed by atoms with Crippen molar-refractivity contribution in [2.45, 2.75) is 0 Å². The SMILES string of the molecule is [2H]c1ccc(-c2cc(-n3c4c([2H])c([2H])c([2H])c([2H])c4c4c5c([nH]c6c([2H])c([2H])c([2H])c([2H])c65)c([2H])c([2H])c43)ccc2[2H])cc1. The Morgan fingerprint density at radius 2 is 1.41 bits per heavy atom. The van der Waals surface area contributed by atoms with E-state index in [1.807, 2.05) is 0 Å². The van der Waals surface area contributed by atoms with Crippen LogP contribution < -0.4 is 0 Å². The minimum absolute atomic E-state index is 0.0202. The molecule has 0 bridgehead atoms. The van der Waals surface area contributed by atoms with Crippen molar-refractivity contribution in [3.63, 3.8) is 0 Å². The summed E-state index contributed by atoms with van der Waals surface area (Å²) in [4.78, 5) is 2.91. The van der Waals surface area contributed by atoms with Crippen molar-refractivity contribution in [1.29, 1.82) is 0 Å². The number of aromatic nitrogens is 2. The number of hydrogen-bond acceptors (Lipinski definition) is 0. The second-order valence-electron chi connectivity index (χ2n) is 7.41. The molecule has 0 aliphatic rings. The van der Waals surface area contributed by atoms with Gasteiger partial charge in [0.25, 0.3) is 0 Å². The smallest absolute Gasteiger partial charge is 0.0646 e. The molecule has 0 spiro atoms. The quantitative estimate of drug-likeness (QED) is 0.292. The van der Waals surface area contributed by atoms with Gasteiger partial charge in [0, 0.05) is 38.3 Å². The summed E-state index contributed by atoms with van der Waals surface area (Å²) in [5.41, 5.74) is 1.61. The summed E-state index contributed by atoms with van der Waals surface area (Å²) in [5.74, 6) is 0. The molecular weight excluding hydrogens is 388 g/mol. The fourth-order valence-corrected chi connectivity index (χ4v) is 4.31. The van der Waals surface area contributed by atoms with Crippen LogP contribution in [0.15, 0.2) is 115 Å². The molecule has 2 heterocycles. The zero-order valence-corrected chi connectivity index (χ0v) is 16.5. The fourth-order valence-electron chi connectivity index (χ4n) is 4.31. The number of nitrogens with zero attached hydrogens (tertiary/aromatic N) is 1. The first kappa shape index (κ1) is 9.46. The van der Waals surface area contributed by atoms with Gasteiger partial charge in [-0.25, -0.2) is 0 Å². The number of fused-ring (bicyclic) bond motifs is 7. The predicted molar refractivity (Wildman–Crippen MR) is 136 cm³/mol. The Morgan fingerprint density at radius 1 is 0.594 bits per heavy atom. The van der Waals surface area contributed by atoms with Gasteiger partial charge < -0.3 is 9.55 Å². The molecule has 0 radical (unpaired) electrons. The van der Waals surface area contributed by atoms with Crippen molar-refractivity contribution in [1.82, 2.24) is 9.55 Å². The third-order valence-electron chi connectivity index (χ3n) is 5.67. The molecule has 0 unspecified atom stereocenters. The van der Waals surface area contributed by atoms with Gasteiger partial charge in [-0.2, -0.15) is 0 Å². The first-order valence-corrected chi connectivity index (χ1v) is 9.98. The summed E-state index contributed by atoms with van der Waals surface area (Å²) in [7, 11) is 0.